The molecule has 4 rings (SSSR count). The molecule has 2 heterocycles. The summed E-state index contributed by atoms with van der Waals surface area (Å²) >= 11 is 1.81. The van der Waals surface area contributed by atoms with Gasteiger partial charge in [-0.3, -0.25) is 4.79 Å². The Balaban J connectivity index is 1.42. The number of fused-ring (bicyclic) bond motifs is 3. The number of likely N-dealkylation sites (N-methyl/N-ethyl adjacent to an activating group) is 1. The van der Waals surface area contributed by atoms with E-state index in [-0.39, 0.29) is 5.91 Å². The van der Waals surface area contributed by atoms with Gasteiger partial charge in [0.05, 0.1) is 5.39 Å². The molecule has 0 radical (unpaired) electrons. The molecule has 6 nitrogen and oxygen atoms in total. The van der Waals surface area contributed by atoms with E-state index in [0.29, 0.717) is 18.7 Å². The predicted molar refractivity (Wildman–Crippen MR) is 119 cm³/mol. The molecular formula is C22H27N5OS. The maximum Gasteiger partial charge on any atom is 0.251 e. The van der Waals surface area contributed by atoms with Crippen LogP contribution in [0.1, 0.15) is 39.2 Å². The van der Waals surface area contributed by atoms with Gasteiger partial charge < -0.3 is 15.5 Å². The van der Waals surface area contributed by atoms with E-state index in [9.17, 15) is 4.79 Å². The van der Waals surface area contributed by atoms with E-state index in [1.54, 1.807) is 6.33 Å². The number of aryl methyl sites for hydroxylation is 2. The molecule has 0 saturated carbocycles. The van der Waals surface area contributed by atoms with E-state index in [1.807, 2.05) is 54.6 Å². The molecule has 2 N–H and O–H groups in total. The van der Waals surface area contributed by atoms with Crippen molar-refractivity contribution in [2.24, 2.45) is 0 Å². The normalized spacial score (nSPS) is 13.5. The third-order valence-electron chi connectivity index (χ3n) is 5.27. The Bertz CT molecular complexity index is 996. The Hall–Kier alpha value is -2.51. The highest BCUT2D eigenvalue weighted by atomic mass is 32.1. The van der Waals surface area contributed by atoms with Gasteiger partial charge in [0.1, 0.15) is 17.0 Å². The Labute approximate surface area is 175 Å². The van der Waals surface area contributed by atoms with E-state index in [1.165, 1.54) is 28.7 Å². The third kappa shape index (κ3) is 4.57. The number of anilines is 1. The summed E-state index contributed by atoms with van der Waals surface area (Å²) < 4.78 is 0. The number of aromatic nitrogens is 2. The van der Waals surface area contributed by atoms with Gasteiger partial charge in [0, 0.05) is 30.1 Å². The number of thiophene rings is 1. The highest BCUT2D eigenvalue weighted by molar-refractivity contribution is 7.19. The van der Waals surface area contributed by atoms with Crippen molar-refractivity contribution >= 4 is 33.3 Å². The molecule has 152 valence electrons. The van der Waals surface area contributed by atoms with E-state index >= 15 is 0 Å². The van der Waals surface area contributed by atoms with E-state index in [4.69, 9.17) is 0 Å². The largest absolute Gasteiger partial charge is 0.365 e. The quantitative estimate of drug-likeness (QED) is 0.625. The molecule has 1 aliphatic rings. The summed E-state index contributed by atoms with van der Waals surface area (Å²) in [5.41, 5.74) is 3.23. The topological polar surface area (TPSA) is 70.2 Å². The first-order valence-corrected chi connectivity index (χ1v) is 10.9. The van der Waals surface area contributed by atoms with Gasteiger partial charge in [0.2, 0.25) is 0 Å². The fraction of sp³-hybridized carbons (Fsp3) is 0.409. The Morgan fingerprint density at radius 1 is 1.14 bits per heavy atom. The van der Waals surface area contributed by atoms with Gasteiger partial charge in [-0.1, -0.05) is 12.1 Å². The number of carbonyl (C=O) groups excluding carboxylic acids is 1. The summed E-state index contributed by atoms with van der Waals surface area (Å²) in [5.74, 6) is 0.883. The molecule has 0 bridgehead atoms. The number of rotatable bonds is 7. The summed E-state index contributed by atoms with van der Waals surface area (Å²) in [6, 6.07) is 7.75. The van der Waals surface area contributed by atoms with Crippen molar-refractivity contribution in [2.45, 2.75) is 32.2 Å². The van der Waals surface area contributed by atoms with Gasteiger partial charge in [0.15, 0.2) is 0 Å². The molecule has 0 aliphatic heterocycles. The lowest BCUT2D eigenvalue weighted by Gasteiger charge is -2.13. The maximum absolute atomic E-state index is 12.2. The number of nitrogens with zero attached hydrogens (tertiary/aromatic N) is 3. The van der Waals surface area contributed by atoms with Gasteiger partial charge in [-0.05, 0) is 63.0 Å². The van der Waals surface area contributed by atoms with Crippen LogP contribution in [0.15, 0.2) is 30.6 Å². The SMILES string of the molecule is CN(C)CCNC(=O)c1ccc(CNc2ncnc3sc4c(c23)CCCC4)cc1. The highest BCUT2D eigenvalue weighted by Crippen LogP contribution is 2.38. The van der Waals surface area contributed by atoms with Crippen LogP contribution in [-0.4, -0.2) is 48.0 Å². The second kappa shape index (κ2) is 8.88. The Morgan fingerprint density at radius 3 is 2.72 bits per heavy atom. The minimum absolute atomic E-state index is 0.0335. The first-order chi connectivity index (χ1) is 14.1. The molecule has 7 heteroatoms. The summed E-state index contributed by atoms with van der Waals surface area (Å²) in [4.78, 5) is 25.8. The van der Waals surface area contributed by atoms with Crippen LogP contribution in [0.4, 0.5) is 5.82 Å². The Kier molecular flexibility index (Phi) is 6.06. The number of carbonyl (C=O) groups is 1. The minimum atomic E-state index is -0.0335. The van der Waals surface area contributed by atoms with Gasteiger partial charge >= 0.3 is 0 Å². The molecule has 0 unspecified atom stereocenters. The number of hydrogen-bond donors (Lipinski definition) is 2. The Morgan fingerprint density at radius 2 is 1.93 bits per heavy atom. The number of amides is 1. The van der Waals surface area contributed by atoms with Crippen molar-refractivity contribution in [3.05, 3.63) is 52.2 Å². The first kappa shape index (κ1) is 19.8. The molecule has 29 heavy (non-hydrogen) atoms. The van der Waals surface area contributed by atoms with Crippen LogP contribution in [-0.2, 0) is 19.4 Å². The standard InChI is InChI=1S/C22H27N5OS/c1-27(2)12-11-23-21(28)16-9-7-15(8-10-16)13-24-20-19-17-5-3-4-6-18(17)29-22(19)26-14-25-20/h7-10,14H,3-6,11-13H2,1-2H3,(H,23,28)(H,24,25,26). The van der Waals surface area contributed by atoms with Crippen LogP contribution in [0.3, 0.4) is 0 Å². The summed E-state index contributed by atoms with van der Waals surface area (Å²) in [6.45, 7) is 2.14. The summed E-state index contributed by atoms with van der Waals surface area (Å²) in [7, 11) is 3.98. The zero-order valence-electron chi connectivity index (χ0n) is 17.0. The molecule has 1 aromatic carbocycles. The fourth-order valence-corrected chi connectivity index (χ4v) is 4.91. The molecule has 1 aliphatic carbocycles. The zero-order valence-corrected chi connectivity index (χ0v) is 17.8. The van der Waals surface area contributed by atoms with Crippen molar-refractivity contribution < 1.29 is 4.79 Å². The average molecular weight is 410 g/mol. The fourth-order valence-electron chi connectivity index (χ4n) is 3.68. The molecule has 0 saturated heterocycles. The van der Waals surface area contributed by atoms with Gasteiger partial charge in [-0.2, -0.15) is 0 Å². The van der Waals surface area contributed by atoms with E-state index < -0.39 is 0 Å². The van der Waals surface area contributed by atoms with Crippen LogP contribution in [0.25, 0.3) is 10.2 Å². The summed E-state index contributed by atoms with van der Waals surface area (Å²) in [5, 5.41) is 7.63. The zero-order chi connectivity index (χ0) is 20.2. The van der Waals surface area contributed by atoms with Crippen LogP contribution in [0.5, 0.6) is 0 Å². The third-order valence-corrected chi connectivity index (χ3v) is 6.47. The van der Waals surface area contributed by atoms with Crippen LogP contribution in [0, 0.1) is 0 Å². The molecular weight excluding hydrogens is 382 g/mol. The number of benzene rings is 1. The lowest BCUT2D eigenvalue weighted by atomic mass is 9.97. The van der Waals surface area contributed by atoms with Crippen molar-refractivity contribution in [1.29, 1.82) is 0 Å². The summed E-state index contributed by atoms with van der Waals surface area (Å²) in [6.07, 6.45) is 6.44. The average Bonchev–Trinajstić information content (AvgIpc) is 3.11. The number of nitrogens with one attached hydrogen (secondary N) is 2. The van der Waals surface area contributed by atoms with Crippen molar-refractivity contribution in [1.82, 2.24) is 20.2 Å². The van der Waals surface area contributed by atoms with Crippen LogP contribution < -0.4 is 10.6 Å². The maximum atomic E-state index is 12.2. The molecule has 0 atom stereocenters. The van der Waals surface area contributed by atoms with Crippen molar-refractivity contribution in [3.8, 4) is 0 Å². The van der Waals surface area contributed by atoms with Crippen LogP contribution in [0.2, 0.25) is 0 Å². The van der Waals surface area contributed by atoms with E-state index in [0.717, 1.165) is 35.6 Å². The monoisotopic (exact) mass is 409 g/mol. The van der Waals surface area contributed by atoms with Gasteiger partial charge in [0.25, 0.3) is 5.91 Å². The molecule has 0 fully saturated rings. The van der Waals surface area contributed by atoms with Crippen molar-refractivity contribution in [2.75, 3.05) is 32.5 Å². The predicted octanol–water partition coefficient (Wildman–Crippen LogP) is 3.47. The van der Waals surface area contributed by atoms with E-state index in [2.05, 4.69) is 20.6 Å². The molecule has 0 spiro atoms. The van der Waals surface area contributed by atoms with Gasteiger partial charge in [-0.25, -0.2) is 9.97 Å². The molecule has 3 aromatic rings. The van der Waals surface area contributed by atoms with Crippen molar-refractivity contribution in [3.63, 3.8) is 0 Å². The highest BCUT2D eigenvalue weighted by Gasteiger charge is 2.19. The molecule has 2 aromatic heterocycles. The lowest BCUT2D eigenvalue weighted by Crippen LogP contribution is -2.31. The smallest absolute Gasteiger partial charge is 0.251 e. The minimum Gasteiger partial charge on any atom is -0.365 e. The second-order valence-electron chi connectivity index (χ2n) is 7.72. The lowest BCUT2D eigenvalue weighted by molar-refractivity contribution is 0.0951. The van der Waals surface area contributed by atoms with Gasteiger partial charge in [-0.15, -0.1) is 11.3 Å². The first-order valence-electron chi connectivity index (χ1n) is 10.1. The second-order valence-corrected chi connectivity index (χ2v) is 8.81. The molecule has 1 amide bonds. The van der Waals surface area contributed by atoms with Crippen LogP contribution >= 0.6 is 11.3 Å². The number of hydrogen-bond acceptors (Lipinski definition) is 6.